The second kappa shape index (κ2) is 7.77. The smallest absolute Gasteiger partial charge is 0.349 e. The van der Waals surface area contributed by atoms with Crippen molar-refractivity contribution in [2.75, 3.05) is 13.7 Å². The van der Waals surface area contributed by atoms with Gasteiger partial charge in [-0.15, -0.1) is 0 Å². The molecule has 0 fully saturated rings. The molecule has 0 amide bonds. The summed E-state index contributed by atoms with van der Waals surface area (Å²) in [6.45, 7) is 1.82. The average molecular weight is 348 g/mol. The second-order valence-corrected chi connectivity index (χ2v) is 5.44. The van der Waals surface area contributed by atoms with E-state index in [1.807, 2.05) is 0 Å². The van der Waals surface area contributed by atoms with Gasteiger partial charge in [0.2, 0.25) is 0 Å². The molecule has 0 bridgehead atoms. The van der Waals surface area contributed by atoms with Crippen molar-refractivity contribution in [2.24, 2.45) is 0 Å². The minimum Gasteiger partial charge on any atom is -0.463 e. The van der Waals surface area contributed by atoms with Gasteiger partial charge in [0.25, 0.3) is 0 Å². The maximum atomic E-state index is 12.4. The highest BCUT2D eigenvalue weighted by Crippen LogP contribution is 2.18. The van der Waals surface area contributed by atoms with Gasteiger partial charge in [-0.05, 0) is 31.2 Å². The number of methoxy groups -OCH3 is 1. The third-order valence-corrected chi connectivity index (χ3v) is 3.35. The Balaban J connectivity index is 2.39. The van der Waals surface area contributed by atoms with E-state index < -0.39 is 17.5 Å². The van der Waals surface area contributed by atoms with Crippen LogP contribution in [-0.2, 0) is 14.3 Å². The molecule has 2 rings (SSSR count). The van der Waals surface area contributed by atoms with Gasteiger partial charge in [0, 0.05) is 12.1 Å². The minimum atomic E-state index is -0.840. The molecule has 0 saturated carbocycles. The molecular formula is C17H14ClNO5. The molecule has 0 aliphatic heterocycles. The Kier molecular flexibility index (Phi) is 5.74. The van der Waals surface area contributed by atoms with E-state index in [1.54, 1.807) is 25.1 Å². The first kappa shape index (κ1) is 17.7. The normalized spacial score (nSPS) is 12.7. The lowest BCUT2D eigenvalue weighted by molar-refractivity contribution is -0.145. The Morgan fingerprint density at radius 2 is 2.25 bits per heavy atom. The van der Waals surface area contributed by atoms with E-state index in [-0.39, 0.29) is 23.1 Å². The lowest BCUT2D eigenvalue weighted by Crippen LogP contribution is -2.20. The van der Waals surface area contributed by atoms with Gasteiger partial charge in [-0.3, -0.25) is 4.79 Å². The van der Waals surface area contributed by atoms with Gasteiger partial charge in [-0.1, -0.05) is 11.6 Å². The van der Waals surface area contributed by atoms with E-state index in [1.165, 1.54) is 19.4 Å². The Labute approximate surface area is 142 Å². The lowest BCUT2D eigenvalue weighted by Gasteiger charge is -2.11. The molecule has 7 heteroatoms. The molecule has 124 valence electrons. The number of ether oxygens (including phenoxy) is 2. The van der Waals surface area contributed by atoms with Crippen LogP contribution >= 0.6 is 11.6 Å². The van der Waals surface area contributed by atoms with Gasteiger partial charge in [-0.25, -0.2) is 4.79 Å². The van der Waals surface area contributed by atoms with Gasteiger partial charge in [0.15, 0.2) is 5.43 Å². The fourth-order valence-electron chi connectivity index (χ4n) is 2.03. The standard InChI is InChI=1S/C17H14ClNO5/c1-10(8-22-2)24-17(21)11(7-19)5-12-9-23-15-4-3-13(18)6-14(15)16(12)20/h3-6,9-10H,8H2,1-2H3/b11-5+/t10-/m1/s1. The number of esters is 1. The predicted octanol–water partition coefficient (Wildman–Crippen LogP) is 2.93. The van der Waals surface area contributed by atoms with Gasteiger partial charge >= 0.3 is 5.97 Å². The Morgan fingerprint density at radius 3 is 2.92 bits per heavy atom. The number of nitriles is 1. The Hall–Kier alpha value is -2.62. The third kappa shape index (κ3) is 4.02. The lowest BCUT2D eigenvalue weighted by atomic mass is 10.1. The van der Waals surface area contributed by atoms with Gasteiger partial charge in [0.1, 0.15) is 29.6 Å². The van der Waals surface area contributed by atoms with Crippen LogP contribution in [-0.4, -0.2) is 25.8 Å². The zero-order valence-electron chi connectivity index (χ0n) is 13.0. The largest absolute Gasteiger partial charge is 0.463 e. The van der Waals surface area contributed by atoms with Gasteiger partial charge in [-0.2, -0.15) is 5.26 Å². The van der Waals surface area contributed by atoms with Crippen LogP contribution in [0.5, 0.6) is 0 Å². The van der Waals surface area contributed by atoms with Crippen molar-refractivity contribution in [1.29, 1.82) is 5.26 Å². The van der Waals surface area contributed by atoms with Crippen LogP contribution in [0, 0.1) is 11.3 Å². The Morgan fingerprint density at radius 1 is 1.50 bits per heavy atom. The van der Waals surface area contributed by atoms with Gasteiger partial charge < -0.3 is 13.9 Å². The molecule has 1 aromatic carbocycles. The zero-order chi connectivity index (χ0) is 17.7. The first-order chi connectivity index (χ1) is 11.5. The van der Waals surface area contributed by atoms with Crippen LogP contribution in [0.1, 0.15) is 12.5 Å². The van der Waals surface area contributed by atoms with Crippen LogP contribution in [0.4, 0.5) is 0 Å². The van der Waals surface area contributed by atoms with E-state index in [9.17, 15) is 9.59 Å². The summed E-state index contributed by atoms with van der Waals surface area (Å²) in [6, 6.07) is 6.35. The number of halogens is 1. The van der Waals surface area contributed by atoms with Crippen molar-refractivity contribution >= 4 is 34.6 Å². The van der Waals surface area contributed by atoms with Crippen LogP contribution < -0.4 is 5.43 Å². The second-order valence-electron chi connectivity index (χ2n) is 5.00. The molecule has 1 aromatic heterocycles. The summed E-state index contributed by atoms with van der Waals surface area (Å²) in [5.74, 6) is -0.840. The van der Waals surface area contributed by atoms with Crippen LogP contribution in [0.15, 0.2) is 39.2 Å². The van der Waals surface area contributed by atoms with Gasteiger partial charge in [0.05, 0.1) is 17.6 Å². The predicted molar refractivity (Wildman–Crippen MR) is 88.5 cm³/mol. The number of nitrogens with zero attached hydrogens (tertiary/aromatic N) is 1. The van der Waals surface area contributed by atoms with Crippen molar-refractivity contribution in [2.45, 2.75) is 13.0 Å². The summed E-state index contributed by atoms with van der Waals surface area (Å²) in [7, 11) is 1.47. The SMILES string of the molecule is COC[C@@H](C)OC(=O)/C(C#N)=C/c1coc2ccc(Cl)cc2c1=O. The third-order valence-electron chi connectivity index (χ3n) is 3.11. The van der Waals surface area contributed by atoms with E-state index in [0.29, 0.717) is 10.6 Å². The summed E-state index contributed by atoms with van der Waals surface area (Å²) in [5, 5.41) is 9.78. The number of hydrogen-bond acceptors (Lipinski definition) is 6. The van der Waals surface area contributed by atoms with E-state index >= 15 is 0 Å². The molecule has 1 heterocycles. The zero-order valence-corrected chi connectivity index (χ0v) is 13.8. The number of carbonyl (C=O) groups excluding carboxylic acids is 1. The molecule has 24 heavy (non-hydrogen) atoms. The molecule has 0 N–H and O–H groups in total. The summed E-state index contributed by atoms with van der Waals surface area (Å²) < 4.78 is 15.3. The summed E-state index contributed by atoms with van der Waals surface area (Å²) in [5.41, 5.74) is -0.301. The first-order valence-electron chi connectivity index (χ1n) is 6.99. The summed E-state index contributed by atoms with van der Waals surface area (Å²) in [6.07, 6.45) is 1.79. The Bertz CT molecular complexity index is 894. The molecule has 6 nitrogen and oxygen atoms in total. The van der Waals surface area contributed by atoms with E-state index in [2.05, 4.69) is 0 Å². The van der Waals surface area contributed by atoms with Crippen molar-refractivity contribution in [3.05, 3.63) is 50.8 Å². The van der Waals surface area contributed by atoms with E-state index in [0.717, 1.165) is 6.08 Å². The molecule has 0 aliphatic carbocycles. The molecule has 0 aliphatic rings. The van der Waals surface area contributed by atoms with Crippen molar-refractivity contribution in [3.8, 4) is 6.07 Å². The quantitative estimate of drug-likeness (QED) is 0.469. The number of rotatable bonds is 5. The maximum absolute atomic E-state index is 12.4. The van der Waals surface area contributed by atoms with Crippen LogP contribution in [0.2, 0.25) is 5.02 Å². The van der Waals surface area contributed by atoms with E-state index in [4.69, 9.17) is 30.8 Å². The average Bonchev–Trinajstić information content (AvgIpc) is 2.55. The van der Waals surface area contributed by atoms with Crippen molar-refractivity contribution < 1.29 is 18.7 Å². The van der Waals surface area contributed by atoms with Crippen LogP contribution in [0.25, 0.3) is 17.0 Å². The highest BCUT2D eigenvalue weighted by molar-refractivity contribution is 6.31. The maximum Gasteiger partial charge on any atom is 0.349 e. The molecule has 0 saturated heterocycles. The summed E-state index contributed by atoms with van der Waals surface area (Å²) in [4.78, 5) is 24.4. The number of benzene rings is 1. The number of carbonyl (C=O) groups is 1. The monoisotopic (exact) mass is 347 g/mol. The van der Waals surface area contributed by atoms with Crippen LogP contribution in [0.3, 0.4) is 0 Å². The molecule has 2 aromatic rings. The highest BCUT2D eigenvalue weighted by Gasteiger charge is 2.16. The topological polar surface area (TPSA) is 89.5 Å². The highest BCUT2D eigenvalue weighted by atomic mass is 35.5. The van der Waals surface area contributed by atoms with Crippen molar-refractivity contribution in [3.63, 3.8) is 0 Å². The number of fused-ring (bicyclic) bond motifs is 1. The fraction of sp³-hybridized carbons (Fsp3) is 0.235. The first-order valence-corrected chi connectivity index (χ1v) is 7.37. The molecular weight excluding hydrogens is 334 g/mol. The molecule has 0 radical (unpaired) electrons. The molecule has 1 atom stereocenters. The fourth-order valence-corrected chi connectivity index (χ4v) is 2.20. The van der Waals surface area contributed by atoms with Crippen molar-refractivity contribution in [1.82, 2.24) is 0 Å². The summed E-state index contributed by atoms with van der Waals surface area (Å²) >= 11 is 5.88. The molecule has 0 spiro atoms. The number of hydrogen-bond donors (Lipinski definition) is 0. The minimum absolute atomic E-state index is 0.0534. The molecule has 0 unspecified atom stereocenters.